The van der Waals surface area contributed by atoms with E-state index in [0.29, 0.717) is 15.7 Å². The van der Waals surface area contributed by atoms with Gasteiger partial charge in [0.15, 0.2) is 0 Å². The monoisotopic (exact) mass is 364 g/mol. The van der Waals surface area contributed by atoms with Gasteiger partial charge in [0.2, 0.25) is 11.8 Å². The van der Waals surface area contributed by atoms with Gasteiger partial charge < -0.3 is 10.6 Å². The van der Waals surface area contributed by atoms with Crippen LogP contribution in [0.15, 0.2) is 36.4 Å². The predicted octanol–water partition coefficient (Wildman–Crippen LogP) is 4.26. The van der Waals surface area contributed by atoms with Crippen LogP contribution in [0.25, 0.3) is 0 Å². The molecule has 0 fully saturated rings. The van der Waals surface area contributed by atoms with Gasteiger partial charge in [-0.2, -0.15) is 0 Å². The van der Waals surface area contributed by atoms with Crippen molar-refractivity contribution in [2.24, 2.45) is 0 Å². The molecular weight excluding hydrogens is 347 g/mol. The van der Waals surface area contributed by atoms with Crippen molar-refractivity contribution in [3.05, 3.63) is 63.1 Å². The Balaban J connectivity index is 1.91. The number of nitrogens with one attached hydrogen (secondary N) is 2. The molecule has 0 aliphatic heterocycles. The minimum absolute atomic E-state index is 0.274. The van der Waals surface area contributed by atoms with Crippen molar-refractivity contribution in [2.45, 2.75) is 26.8 Å². The van der Waals surface area contributed by atoms with Gasteiger partial charge in [0.05, 0.1) is 10.7 Å². The molecule has 24 heavy (non-hydrogen) atoms. The third-order valence-corrected chi connectivity index (χ3v) is 4.12. The van der Waals surface area contributed by atoms with Crippen molar-refractivity contribution in [3.8, 4) is 0 Å². The molecule has 0 heterocycles. The molecule has 0 saturated heterocycles. The van der Waals surface area contributed by atoms with Crippen LogP contribution in [-0.2, 0) is 16.1 Å². The number of amides is 2. The van der Waals surface area contributed by atoms with E-state index in [1.54, 1.807) is 12.1 Å². The fourth-order valence-electron chi connectivity index (χ4n) is 2.30. The fraction of sp³-hybridized carbons (Fsp3) is 0.222. The third-order valence-electron chi connectivity index (χ3n) is 3.45. The van der Waals surface area contributed by atoms with Crippen LogP contribution in [0.4, 0.5) is 5.69 Å². The van der Waals surface area contributed by atoms with Crippen LogP contribution < -0.4 is 10.6 Å². The van der Waals surface area contributed by atoms with Gasteiger partial charge in [0, 0.05) is 11.6 Å². The third kappa shape index (κ3) is 4.98. The van der Waals surface area contributed by atoms with Gasteiger partial charge in [0.1, 0.15) is 6.42 Å². The lowest BCUT2D eigenvalue weighted by Crippen LogP contribution is -2.28. The first-order chi connectivity index (χ1) is 11.4. The molecule has 0 aromatic heterocycles. The first-order valence-electron chi connectivity index (χ1n) is 7.43. The van der Waals surface area contributed by atoms with Crippen molar-refractivity contribution in [2.75, 3.05) is 5.32 Å². The van der Waals surface area contributed by atoms with Crippen LogP contribution in [0.2, 0.25) is 10.0 Å². The Labute approximate surface area is 151 Å². The zero-order valence-electron chi connectivity index (χ0n) is 13.5. The number of hydrogen-bond acceptors (Lipinski definition) is 2. The first kappa shape index (κ1) is 18.3. The van der Waals surface area contributed by atoms with Crippen molar-refractivity contribution >= 4 is 40.7 Å². The van der Waals surface area contributed by atoms with Gasteiger partial charge >= 0.3 is 0 Å². The molecule has 0 aliphatic carbocycles. The first-order valence-corrected chi connectivity index (χ1v) is 8.19. The van der Waals surface area contributed by atoms with Gasteiger partial charge in [-0.25, -0.2) is 0 Å². The minimum atomic E-state index is -0.416. The van der Waals surface area contributed by atoms with E-state index in [-0.39, 0.29) is 18.9 Å². The van der Waals surface area contributed by atoms with Crippen molar-refractivity contribution in [1.29, 1.82) is 0 Å². The molecule has 0 saturated carbocycles. The summed E-state index contributed by atoms with van der Waals surface area (Å²) in [6.45, 7) is 4.05. The summed E-state index contributed by atoms with van der Waals surface area (Å²) in [5.41, 5.74) is 3.19. The molecule has 0 spiro atoms. The fourth-order valence-corrected chi connectivity index (χ4v) is 2.87. The summed E-state index contributed by atoms with van der Waals surface area (Å²) in [4.78, 5) is 23.9. The van der Waals surface area contributed by atoms with E-state index in [9.17, 15) is 9.59 Å². The molecule has 0 bridgehead atoms. The highest BCUT2D eigenvalue weighted by Gasteiger charge is 2.13. The van der Waals surface area contributed by atoms with E-state index in [2.05, 4.69) is 10.6 Å². The molecule has 126 valence electrons. The second-order valence-corrected chi connectivity index (χ2v) is 6.35. The second kappa shape index (κ2) is 8.18. The van der Waals surface area contributed by atoms with Crippen molar-refractivity contribution in [3.63, 3.8) is 0 Å². The summed E-state index contributed by atoms with van der Waals surface area (Å²) in [6.07, 6.45) is -0.284. The zero-order chi connectivity index (χ0) is 17.7. The number of aryl methyl sites for hydroxylation is 2. The highest BCUT2D eigenvalue weighted by molar-refractivity contribution is 6.34. The summed E-state index contributed by atoms with van der Waals surface area (Å²) in [5.74, 6) is -0.797. The Hall–Kier alpha value is -2.04. The lowest BCUT2D eigenvalue weighted by molar-refractivity contribution is -0.126. The van der Waals surface area contributed by atoms with E-state index >= 15 is 0 Å². The summed E-state index contributed by atoms with van der Waals surface area (Å²) < 4.78 is 0. The zero-order valence-corrected chi connectivity index (χ0v) is 15.0. The molecule has 0 unspecified atom stereocenters. The van der Waals surface area contributed by atoms with Crippen LogP contribution >= 0.6 is 23.2 Å². The van der Waals surface area contributed by atoms with Gasteiger partial charge in [-0.1, -0.05) is 47.5 Å². The standard InChI is InChI=1S/C18H18Cl2N2O2/c1-11-7-12(2)18(15(20)8-11)22-17(24)9-16(23)21-10-13-5-3-4-6-14(13)19/h3-8H,9-10H2,1-2H3,(H,21,23)(H,22,24). The van der Waals surface area contributed by atoms with Gasteiger partial charge in [-0.05, 0) is 42.7 Å². The number of anilines is 1. The van der Waals surface area contributed by atoms with E-state index in [0.717, 1.165) is 16.7 Å². The number of carbonyl (C=O) groups is 2. The molecule has 2 amide bonds. The Morgan fingerprint density at radius 3 is 2.38 bits per heavy atom. The summed E-state index contributed by atoms with van der Waals surface area (Å²) >= 11 is 12.2. The van der Waals surface area contributed by atoms with Crippen LogP contribution in [0.3, 0.4) is 0 Å². The van der Waals surface area contributed by atoms with Gasteiger partial charge in [0.25, 0.3) is 0 Å². The topological polar surface area (TPSA) is 58.2 Å². The Morgan fingerprint density at radius 2 is 1.71 bits per heavy atom. The molecule has 2 aromatic carbocycles. The van der Waals surface area contributed by atoms with Gasteiger partial charge in [-0.15, -0.1) is 0 Å². The molecule has 6 heteroatoms. The highest BCUT2D eigenvalue weighted by Crippen LogP contribution is 2.27. The van der Waals surface area contributed by atoms with Crippen LogP contribution in [-0.4, -0.2) is 11.8 Å². The number of rotatable bonds is 5. The quantitative estimate of drug-likeness (QED) is 0.778. The van der Waals surface area contributed by atoms with Crippen molar-refractivity contribution < 1.29 is 9.59 Å². The van der Waals surface area contributed by atoms with Gasteiger partial charge in [-0.3, -0.25) is 9.59 Å². The van der Waals surface area contributed by atoms with E-state index < -0.39 is 5.91 Å². The minimum Gasteiger partial charge on any atom is -0.352 e. The smallest absolute Gasteiger partial charge is 0.233 e. The van der Waals surface area contributed by atoms with E-state index in [1.165, 1.54) is 0 Å². The lowest BCUT2D eigenvalue weighted by atomic mass is 10.1. The maximum atomic E-state index is 12.0. The largest absolute Gasteiger partial charge is 0.352 e. The van der Waals surface area contributed by atoms with Crippen LogP contribution in [0, 0.1) is 13.8 Å². The van der Waals surface area contributed by atoms with Crippen molar-refractivity contribution in [1.82, 2.24) is 5.32 Å². The lowest BCUT2D eigenvalue weighted by Gasteiger charge is -2.12. The number of hydrogen-bond donors (Lipinski definition) is 2. The Bertz CT molecular complexity index is 752. The summed E-state index contributed by atoms with van der Waals surface area (Å²) in [6, 6.07) is 10.9. The van der Waals surface area contributed by atoms with E-state index in [1.807, 2.05) is 38.1 Å². The maximum Gasteiger partial charge on any atom is 0.233 e. The predicted molar refractivity (Wildman–Crippen MR) is 97.5 cm³/mol. The molecule has 2 aromatic rings. The molecule has 0 atom stereocenters. The average molecular weight is 365 g/mol. The molecule has 0 radical (unpaired) electrons. The number of carbonyl (C=O) groups excluding carboxylic acids is 2. The second-order valence-electron chi connectivity index (χ2n) is 5.53. The Kier molecular flexibility index (Phi) is 6.23. The number of benzene rings is 2. The molecular formula is C18H18Cl2N2O2. The number of halogens is 2. The molecule has 0 aliphatic rings. The average Bonchev–Trinajstić information content (AvgIpc) is 2.50. The highest BCUT2D eigenvalue weighted by atomic mass is 35.5. The Morgan fingerprint density at radius 1 is 1.00 bits per heavy atom. The normalized spacial score (nSPS) is 10.3. The summed E-state index contributed by atoms with van der Waals surface area (Å²) in [7, 11) is 0. The van der Waals surface area contributed by atoms with Crippen LogP contribution in [0.5, 0.6) is 0 Å². The molecule has 2 rings (SSSR count). The summed E-state index contributed by atoms with van der Waals surface area (Å²) in [5, 5.41) is 6.40. The molecule has 4 nitrogen and oxygen atoms in total. The SMILES string of the molecule is Cc1cc(C)c(NC(=O)CC(=O)NCc2ccccc2Cl)c(Cl)c1. The maximum absolute atomic E-state index is 12.0. The van der Waals surface area contributed by atoms with Crippen LogP contribution in [0.1, 0.15) is 23.1 Å². The van der Waals surface area contributed by atoms with E-state index in [4.69, 9.17) is 23.2 Å². The molecule has 2 N–H and O–H groups in total.